The number of ether oxygens (including phenoxy) is 1. The summed E-state index contributed by atoms with van der Waals surface area (Å²) < 4.78 is 35.8. The molecule has 0 aromatic heterocycles. The van der Waals surface area contributed by atoms with E-state index in [1.807, 2.05) is 18.2 Å². The monoisotopic (exact) mass is 505 g/mol. The molecule has 3 aromatic carbocycles. The molecule has 8 heteroatoms. The number of nitrogens with zero attached hydrogens (tertiary/aromatic N) is 1. The number of aryl methyl sites for hydroxylation is 1. The molecular weight excluding hydrogens is 474 g/mol. The standard InChI is InChI=1S/C28H31N3O4S/c1-35-23-11-6-10-21(18-23)28(32)29-22-14-15-26(31-16-4-5-17-31)27(19-22)36(33,34)30-25-13-7-9-20-8-2-3-12-24(20)25/h2-3,6,8,10-12,14-15,18-19,25,30H,4-5,7,9,13,16-17H2,1H3,(H,29,32). The zero-order valence-corrected chi connectivity index (χ0v) is 21.2. The second-order valence-electron chi connectivity index (χ2n) is 9.33. The van der Waals surface area contributed by atoms with Crippen molar-refractivity contribution in [2.24, 2.45) is 0 Å². The van der Waals surface area contributed by atoms with Crippen molar-refractivity contribution in [3.05, 3.63) is 83.4 Å². The third kappa shape index (κ3) is 5.10. The topological polar surface area (TPSA) is 87.7 Å². The molecule has 188 valence electrons. The Morgan fingerprint density at radius 3 is 2.58 bits per heavy atom. The minimum Gasteiger partial charge on any atom is -0.497 e. The molecule has 1 heterocycles. The van der Waals surface area contributed by atoms with Crippen LogP contribution in [0.5, 0.6) is 5.75 Å². The number of anilines is 2. The average molecular weight is 506 g/mol. The van der Waals surface area contributed by atoms with E-state index in [0.29, 0.717) is 22.7 Å². The third-order valence-corrected chi connectivity index (χ3v) is 8.45. The number of fused-ring (bicyclic) bond motifs is 1. The highest BCUT2D eigenvalue weighted by molar-refractivity contribution is 7.89. The van der Waals surface area contributed by atoms with Crippen LogP contribution < -0.4 is 19.7 Å². The van der Waals surface area contributed by atoms with Crippen molar-refractivity contribution in [1.29, 1.82) is 0 Å². The van der Waals surface area contributed by atoms with Gasteiger partial charge in [-0.15, -0.1) is 0 Å². The van der Waals surface area contributed by atoms with Crippen molar-refractivity contribution in [3.8, 4) is 5.75 Å². The van der Waals surface area contributed by atoms with Gasteiger partial charge in [-0.1, -0.05) is 30.3 Å². The van der Waals surface area contributed by atoms with E-state index in [2.05, 4.69) is 21.0 Å². The molecule has 3 aromatic rings. The minimum absolute atomic E-state index is 0.191. The lowest BCUT2D eigenvalue weighted by molar-refractivity contribution is 0.102. The van der Waals surface area contributed by atoms with E-state index in [0.717, 1.165) is 50.8 Å². The van der Waals surface area contributed by atoms with E-state index in [1.54, 1.807) is 49.6 Å². The van der Waals surface area contributed by atoms with Crippen LogP contribution in [0.1, 0.15) is 53.2 Å². The summed E-state index contributed by atoms with van der Waals surface area (Å²) in [7, 11) is -2.32. The quantitative estimate of drug-likeness (QED) is 0.477. The predicted molar refractivity (Wildman–Crippen MR) is 141 cm³/mol. The maximum atomic E-state index is 13.8. The van der Waals surface area contributed by atoms with Crippen LogP contribution in [0.15, 0.2) is 71.6 Å². The number of sulfonamides is 1. The zero-order valence-electron chi connectivity index (χ0n) is 20.4. The molecule has 5 rings (SSSR count). The van der Waals surface area contributed by atoms with Gasteiger partial charge in [0.05, 0.1) is 12.8 Å². The number of carbonyl (C=O) groups is 1. The van der Waals surface area contributed by atoms with Gasteiger partial charge < -0.3 is 15.0 Å². The molecule has 0 radical (unpaired) electrons. The average Bonchev–Trinajstić information content (AvgIpc) is 3.44. The fourth-order valence-corrected chi connectivity index (χ4v) is 6.62. The molecule has 1 fully saturated rings. The Morgan fingerprint density at radius 1 is 0.972 bits per heavy atom. The summed E-state index contributed by atoms with van der Waals surface area (Å²) in [5.41, 5.74) is 3.76. The number of benzene rings is 3. The van der Waals surface area contributed by atoms with Gasteiger partial charge in [0.2, 0.25) is 10.0 Å². The van der Waals surface area contributed by atoms with Gasteiger partial charge in [0.25, 0.3) is 5.91 Å². The van der Waals surface area contributed by atoms with Gasteiger partial charge in [-0.05, 0) is 79.6 Å². The molecule has 1 aliphatic heterocycles. The molecular formula is C28H31N3O4S. The molecule has 1 amide bonds. The van der Waals surface area contributed by atoms with E-state index in [-0.39, 0.29) is 16.8 Å². The summed E-state index contributed by atoms with van der Waals surface area (Å²) in [5, 5.41) is 2.85. The van der Waals surface area contributed by atoms with Gasteiger partial charge in [-0.25, -0.2) is 13.1 Å². The Bertz CT molecular complexity index is 1370. The van der Waals surface area contributed by atoms with Crippen LogP contribution in [0.4, 0.5) is 11.4 Å². The lowest BCUT2D eigenvalue weighted by atomic mass is 9.88. The number of methoxy groups -OCH3 is 1. The summed E-state index contributed by atoms with van der Waals surface area (Å²) in [6.45, 7) is 1.62. The second-order valence-corrected chi connectivity index (χ2v) is 11.0. The molecule has 1 atom stereocenters. The van der Waals surface area contributed by atoms with E-state index < -0.39 is 10.0 Å². The van der Waals surface area contributed by atoms with E-state index in [4.69, 9.17) is 4.74 Å². The molecule has 0 spiro atoms. The molecule has 1 unspecified atom stereocenters. The summed E-state index contributed by atoms with van der Waals surface area (Å²) in [5.74, 6) is 0.243. The number of amides is 1. The van der Waals surface area contributed by atoms with Gasteiger partial charge in [-0.3, -0.25) is 4.79 Å². The van der Waals surface area contributed by atoms with Crippen LogP contribution in [0.2, 0.25) is 0 Å². The Morgan fingerprint density at radius 2 is 1.78 bits per heavy atom. The first-order valence-corrected chi connectivity index (χ1v) is 13.9. The van der Waals surface area contributed by atoms with Gasteiger partial charge in [0, 0.05) is 30.4 Å². The maximum absolute atomic E-state index is 13.8. The van der Waals surface area contributed by atoms with Crippen LogP contribution in [-0.4, -0.2) is 34.5 Å². The van der Waals surface area contributed by atoms with Crippen LogP contribution in [0, 0.1) is 0 Å². The van der Waals surface area contributed by atoms with E-state index in [1.165, 1.54) is 5.56 Å². The summed E-state index contributed by atoms with van der Waals surface area (Å²) >= 11 is 0. The second kappa shape index (κ2) is 10.3. The Balaban J connectivity index is 1.46. The highest BCUT2D eigenvalue weighted by atomic mass is 32.2. The predicted octanol–water partition coefficient (Wildman–Crippen LogP) is 4.90. The zero-order chi connectivity index (χ0) is 25.1. The fourth-order valence-electron chi connectivity index (χ4n) is 5.12. The van der Waals surface area contributed by atoms with Crippen LogP contribution in [0.3, 0.4) is 0 Å². The lowest BCUT2D eigenvalue weighted by Crippen LogP contribution is -2.32. The number of hydrogen-bond acceptors (Lipinski definition) is 5. The van der Waals surface area contributed by atoms with Crippen molar-refractivity contribution in [1.82, 2.24) is 4.72 Å². The van der Waals surface area contributed by atoms with Crippen molar-refractivity contribution < 1.29 is 17.9 Å². The Hall–Kier alpha value is -3.36. The molecule has 1 aliphatic carbocycles. The first kappa shape index (κ1) is 24.3. The number of nitrogens with one attached hydrogen (secondary N) is 2. The first-order valence-electron chi connectivity index (χ1n) is 12.4. The summed E-state index contributed by atoms with van der Waals surface area (Å²) in [4.78, 5) is 15.2. The van der Waals surface area contributed by atoms with Crippen molar-refractivity contribution >= 4 is 27.3 Å². The van der Waals surface area contributed by atoms with Crippen LogP contribution >= 0.6 is 0 Å². The largest absolute Gasteiger partial charge is 0.497 e. The Kier molecular flexibility index (Phi) is 6.98. The highest BCUT2D eigenvalue weighted by Crippen LogP contribution is 2.35. The molecule has 7 nitrogen and oxygen atoms in total. The van der Waals surface area contributed by atoms with Gasteiger partial charge in [0.1, 0.15) is 10.6 Å². The molecule has 0 saturated carbocycles. The SMILES string of the molecule is COc1cccc(C(=O)Nc2ccc(N3CCCC3)c(S(=O)(=O)NC3CCCc4ccccc43)c2)c1. The van der Waals surface area contributed by atoms with Crippen molar-refractivity contribution in [3.63, 3.8) is 0 Å². The van der Waals surface area contributed by atoms with Crippen molar-refractivity contribution in [2.45, 2.75) is 43.0 Å². The van der Waals surface area contributed by atoms with Crippen molar-refractivity contribution in [2.75, 3.05) is 30.4 Å². The minimum atomic E-state index is -3.87. The van der Waals surface area contributed by atoms with Crippen LogP contribution in [-0.2, 0) is 16.4 Å². The fraction of sp³-hybridized carbons (Fsp3) is 0.321. The van der Waals surface area contributed by atoms with E-state index in [9.17, 15) is 13.2 Å². The number of rotatable bonds is 7. The molecule has 0 bridgehead atoms. The highest BCUT2D eigenvalue weighted by Gasteiger charge is 2.29. The normalized spacial score (nSPS) is 17.5. The number of carbonyl (C=O) groups excluding carboxylic acids is 1. The molecule has 2 aliphatic rings. The lowest BCUT2D eigenvalue weighted by Gasteiger charge is -2.28. The molecule has 36 heavy (non-hydrogen) atoms. The molecule has 1 saturated heterocycles. The first-order chi connectivity index (χ1) is 17.4. The molecule has 2 N–H and O–H groups in total. The number of hydrogen-bond donors (Lipinski definition) is 2. The van der Waals surface area contributed by atoms with E-state index >= 15 is 0 Å². The van der Waals surface area contributed by atoms with Gasteiger partial charge in [0.15, 0.2) is 0 Å². The maximum Gasteiger partial charge on any atom is 0.255 e. The van der Waals surface area contributed by atoms with Crippen LogP contribution in [0.25, 0.3) is 0 Å². The summed E-state index contributed by atoms with van der Waals surface area (Å²) in [6, 6.07) is 19.7. The summed E-state index contributed by atoms with van der Waals surface area (Å²) in [6.07, 6.45) is 4.69. The van der Waals surface area contributed by atoms with Gasteiger partial charge in [-0.2, -0.15) is 0 Å². The van der Waals surface area contributed by atoms with Gasteiger partial charge >= 0.3 is 0 Å². The smallest absolute Gasteiger partial charge is 0.255 e. The Labute approximate surface area is 212 Å². The third-order valence-electron chi connectivity index (χ3n) is 6.95.